The summed E-state index contributed by atoms with van der Waals surface area (Å²) in [6, 6.07) is 11.7. The van der Waals surface area contributed by atoms with Crippen LogP contribution in [0.15, 0.2) is 48.5 Å². The molecule has 0 spiro atoms. The number of anilines is 1. The molecule has 2 rings (SSSR count). The number of rotatable bonds is 11. The van der Waals surface area contributed by atoms with E-state index < -0.39 is 34.3 Å². The van der Waals surface area contributed by atoms with Gasteiger partial charge in [0.25, 0.3) is 0 Å². The van der Waals surface area contributed by atoms with Gasteiger partial charge in [0.1, 0.15) is 18.4 Å². The molecule has 7 nitrogen and oxygen atoms in total. The van der Waals surface area contributed by atoms with Crippen LogP contribution in [0.2, 0.25) is 0 Å². The Kier molecular flexibility index (Phi) is 9.82. The Hall–Kier alpha value is -2.94. The maximum atomic E-state index is 13.5. The fourth-order valence-electron chi connectivity index (χ4n) is 3.47. The number of hydrogen-bond acceptors (Lipinski definition) is 4. The van der Waals surface area contributed by atoms with Crippen LogP contribution in [0.25, 0.3) is 0 Å². The van der Waals surface area contributed by atoms with Crippen LogP contribution in [0.1, 0.15) is 58.1 Å². The largest absolute Gasteiger partial charge is 0.352 e. The molecule has 0 bridgehead atoms. The van der Waals surface area contributed by atoms with Crippen molar-refractivity contribution in [3.63, 3.8) is 0 Å². The second-order valence-electron chi connectivity index (χ2n) is 9.16. The van der Waals surface area contributed by atoms with Crippen LogP contribution in [0, 0.1) is 5.82 Å². The Morgan fingerprint density at radius 3 is 2.03 bits per heavy atom. The first-order valence-corrected chi connectivity index (χ1v) is 13.6. The molecule has 35 heavy (non-hydrogen) atoms. The third-order valence-electron chi connectivity index (χ3n) is 5.96. The zero-order valence-electron chi connectivity index (χ0n) is 21.3. The second kappa shape index (κ2) is 12.2. The molecule has 192 valence electrons. The van der Waals surface area contributed by atoms with Gasteiger partial charge in [0.15, 0.2) is 0 Å². The van der Waals surface area contributed by atoms with E-state index in [1.54, 1.807) is 19.1 Å². The van der Waals surface area contributed by atoms with Crippen LogP contribution >= 0.6 is 0 Å². The minimum Gasteiger partial charge on any atom is -0.352 e. The molecular formula is C26H36FN3O4S. The van der Waals surface area contributed by atoms with Gasteiger partial charge in [-0.25, -0.2) is 12.8 Å². The van der Waals surface area contributed by atoms with Crippen molar-refractivity contribution >= 4 is 27.5 Å². The topological polar surface area (TPSA) is 86.8 Å². The SMILES string of the molecule is CC[C@@H](C)NC(=O)[C@H](C)N(Cc1ccc(F)cc1)C(=O)CN(c1ccc(C(C)C)cc1)S(C)(=O)=O. The summed E-state index contributed by atoms with van der Waals surface area (Å²) >= 11 is 0. The van der Waals surface area contributed by atoms with Crippen molar-refractivity contribution in [3.8, 4) is 0 Å². The molecule has 0 heterocycles. The summed E-state index contributed by atoms with van der Waals surface area (Å²) in [5, 5.41) is 2.87. The highest BCUT2D eigenvalue weighted by atomic mass is 32.2. The van der Waals surface area contributed by atoms with E-state index in [0.29, 0.717) is 11.3 Å². The van der Waals surface area contributed by atoms with Crippen LogP contribution in [0.4, 0.5) is 10.1 Å². The third kappa shape index (κ3) is 8.06. The Morgan fingerprint density at radius 1 is 0.971 bits per heavy atom. The van der Waals surface area contributed by atoms with E-state index in [9.17, 15) is 22.4 Å². The van der Waals surface area contributed by atoms with Crippen molar-refractivity contribution in [2.45, 2.75) is 65.6 Å². The van der Waals surface area contributed by atoms with Crippen LogP contribution in [0.5, 0.6) is 0 Å². The van der Waals surface area contributed by atoms with E-state index >= 15 is 0 Å². The van der Waals surface area contributed by atoms with Crippen molar-refractivity contribution in [1.29, 1.82) is 0 Å². The molecule has 2 atom stereocenters. The lowest BCUT2D eigenvalue weighted by atomic mass is 10.0. The van der Waals surface area contributed by atoms with Gasteiger partial charge in [0.05, 0.1) is 11.9 Å². The summed E-state index contributed by atoms with van der Waals surface area (Å²) < 4.78 is 39.7. The molecular weight excluding hydrogens is 469 g/mol. The highest BCUT2D eigenvalue weighted by molar-refractivity contribution is 7.92. The number of carbonyl (C=O) groups is 2. The van der Waals surface area contributed by atoms with Gasteiger partial charge in [-0.2, -0.15) is 0 Å². The summed E-state index contributed by atoms with van der Waals surface area (Å²) in [5.74, 6) is -1.03. The van der Waals surface area contributed by atoms with Crippen LogP contribution in [0.3, 0.4) is 0 Å². The van der Waals surface area contributed by atoms with E-state index in [1.165, 1.54) is 29.2 Å². The van der Waals surface area contributed by atoms with E-state index in [2.05, 4.69) is 5.32 Å². The van der Waals surface area contributed by atoms with E-state index in [1.807, 2.05) is 39.8 Å². The summed E-state index contributed by atoms with van der Waals surface area (Å²) in [5.41, 5.74) is 2.03. The molecule has 1 N–H and O–H groups in total. The molecule has 0 saturated carbocycles. The summed E-state index contributed by atoms with van der Waals surface area (Å²) in [6.07, 6.45) is 1.76. The summed E-state index contributed by atoms with van der Waals surface area (Å²) in [4.78, 5) is 27.7. The highest BCUT2D eigenvalue weighted by Crippen LogP contribution is 2.23. The first-order valence-electron chi connectivity index (χ1n) is 11.7. The van der Waals surface area contributed by atoms with Gasteiger partial charge >= 0.3 is 0 Å². The molecule has 0 fully saturated rings. The Balaban J connectivity index is 2.37. The molecule has 0 aliphatic heterocycles. The van der Waals surface area contributed by atoms with Crippen LogP contribution < -0.4 is 9.62 Å². The first-order chi connectivity index (χ1) is 16.3. The van der Waals surface area contributed by atoms with Crippen molar-refractivity contribution < 1.29 is 22.4 Å². The average molecular weight is 506 g/mol. The third-order valence-corrected chi connectivity index (χ3v) is 7.10. The standard InChI is InChI=1S/C26H36FN3O4S/c1-7-19(4)28-26(32)20(5)29(16-21-8-12-23(27)13-9-21)25(31)17-30(35(6,33)34)24-14-10-22(11-15-24)18(2)3/h8-15,18-20H,7,16-17H2,1-6H3,(H,28,32)/t19-,20+/m1/s1. The van der Waals surface area contributed by atoms with Crippen molar-refractivity contribution in [3.05, 3.63) is 65.5 Å². The lowest BCUT2D eigenvalue weighted by Gasteiger charge is -2.32. The number of nitrogens with zero attached hydrogens (tertiary/aromatic N) is 2. The van der Waals surface area contributed by atoms with Crippen molar-refractivity contribution in [1.82, 2.24) is 10.2 Å². The Bertz CT molecular complexity index is 1100. The molecule has 0 radical (unpaired) electrons. The van der Waals surface area contributed by atoms with E-state index in [-0.39, 0.29) is 24.4 Å². The number of amides is 2. The average Bonchev–Trinajstić information content (AvgIpc) is 2.80. The van der Waals surface area contributed by atoms with Crippen LogP contribution in [-0.4, -0.2) is 50.0 Å². The van der Waals surface area contributed by atoms with Gasteiger partial charge in [0.2, 0.25) is 21.8 Å². The minimum atomic E-state index is -3.79. The van der Waals surface area contributed by atoms with Gasteiger partial charge in [-0.1, -0.05) is 45.0 Å². The fraction of sp³-hybridized carbons (Fsp3) is 0.462. The zero-order chi connectivity index (χ0) is 26.3. The van der Waals surface area contributed by atoms with Crippen LogP contribution in [-0.2, 0) is 26.2 Å². The molecule has 0 saturated heterocycles. The predicted octanol–water partition coefficient (Wildman–Crippen LogP) is 4.05. The lowest BCUT2D eigenvalue weighted by molar-refractivity contribution is -0.139. The lowest BCUT2D eigenvalue weighted by Crippen LogP contribution is -2.52. The Morgan fingerprint density at radius 2 is 1.54 bits per heavy atom. The van der Waals surface area contributed by atoms with Gasteiger partial charge in [0, 0.05) is 12.6 Å². The van der Waals surface area contributed by atoms with Gasteiger partial charge < -0.3 is 10.2 Å². The minimum absolute atomic E-state index is 0.0259. The second-order valence-corrected chi connectivity index (χ2v) is 11.1. The van der Waals surface area contributed by atoms with Gasteiger partial charge in [-0.3, -0.25) is 13.9 Å². The molecule has 9 heteroatoms. The molecule has 2 amide bonds. The monoisotopic (exact) mass is 505 g/mol. The number of halogens is 1. The molecule has 0 aliphatic rings. The summed E-state index contributed by atoms with van der Waals surface area (Å²) in [6.45, 7) is 9.02. The summed E-state index contributed by atoms with van der Waals surface area (Å²) in [7, 11) is -3.79. The Labute approximate surface area is 208 Å². The number of nitrogens with one attached hydrogen (secondary N) is 1. The number of sulfonamides is 1. The van der Waals surface area contributed by atoms with Crippen molar-refractivity contribution in [2.24, 2.45) is 0 Å². The highest BCUT2D eigenvalue weighted by Gasteiger charge is 2.30. The molecule has 2 aromatic rings. The predicted molar refractivity (Wildman–Crippen MR) is 137 cm³/mol. The zero-order valence-corrected chi connectivity index (χ0v) is 22.1. The molecule has 0 unspecified atom stereocenters. The maximum Gasteiger partial charge on any atom is 0.244 e. The molecule has 2 aromatic carbocycles. The smallest absolute Gasteiger partial charge is 0.244 e. The first kappa shape index (κ1) is 28.3. The van der Waals surface area contributed by atoms with E-state index in [0.717, 1.165) is 22.5 Å². The number of benzene rings is 2. The van der Waals surface area contributed by atoms with Gasteiger partial charge in [-0.05, 0) is 61.6 Å². The van der Waals surface area contributed by atoms with Crippen molar-refractivity contribution in [2.75, 3.05) is 17.1 Å². The normalized spacial score (nSPS) is 13.3. The number of hydrogen-bond donors (Lipinski definition) is 1. The molecule has 0 aliphatic carbocycles. The maximum absolute atomic E-state index is 13.5. The fourth-order valence-corrected chi connectivity index (χ4v) is 4.32. The number of carbonyl (C=O) groups excluding carboxylic acids is 2. The van der Waals surface area contributed by atoms with Gasteiger partial charge in [-0.15, -0.1) is 0 Å². The molecule has 0 aromatic heterocycles. The van der Waals surface area contributed by atoms with E-state index in [4.69, 9.17) is 0 Å². The quantitative estimate of drug-likeness (QED) is 0.499.